The summed E-state index contributed by atoms with van der Waals surface area (Å²) >= 11 is 2.52. The zero-order valence-electron chi connectivity index (χ0n) is 20.7. The summed E-state index contributed by atoms with van der Waals surface area (Å²) in [5.74, 6) is 0. The number of nitrogens with zero attached hydrogens (tertiary/aromatic N) is 1. The van der Waals surface area contributed by atoms with Crippen LogP contribution in [0, 0.1) is 3.57 Å². The molecule has 0 saturated carbocycles. The molecule has 0 aliphatic heterocycles. The third kappa shape index (κ3) is 3.93. The van der Waals surface area contributed by atoms with Crippen molar-refractivity contribution in [3.05, 3.63) is 149 Å². The second-order valence-electron chi connectivity index (χ2n) is 9.54. The number of benzene rings is 6. The van der Waals surface area contributed by atoms with Crippen LogP contribution in [-0.2, 0) is 0 Å². The van der Waals surface area contributed by atoms with Gasteiger partial charge in [-0.05, 0) is 98.4 Å². The number of hydrogen-bond donors (Lipinski definition) is 0. The van der Waals surface area contributed by atoms with Gasteiger partial charge in [-0.1, -0.05) is 103 Å². The van der Waals surface area contributed by atoms with Gasteiger partial charge < -0.3 is 4.57 Å². The lowest BCUT2D eigenvalue weighted by molar-refractivity contribution is 1.18. The first-order valence-electron chi connectivity index (χ1n) is 12.8. The molecule has 0 N–H and O–H groups in total. The summed E-state index contributed by atoms with van der Waals surface area (Å²) in [6.45, 7) is 0. The van der Waals surface area contributed by atoms with Crippen molar-refractivity contribution >= 4 is 44.4 Å². The molecule has 180 valence electrons. The normalized spacial score (nSPS) is 11.3. The van der Waals surface area contributed by atoms with Gasteiger partial charge in [0.15, 0.2) is 0 Å². The SMILES string of the molecule is Ic1c(-c2ccccc2)cc(-c2ccc3c(c2)c2ccccc2n3-c2ccccc2)cc1-c1ccccc1. The predicted molar refractivity (Wildman–Crippen MR) is 170 cm³/mol. The molecule has 2 heteroatoms. The maximum Gasteiger partial charge on any atom is 0.0541 e. The Kier molecular flexibility index (Phi) is 5.82. The van der Waals surface area contributed by atoms with E-state index in [1.807, 2.05) is 0 Å². The molecule has 0 amide bonds. The number of aromatic nitrogens is 1. The van der Waals surface area contributed by atoms with Gasteiger partial charge in [-0.25, -0.2) is 0 Å². The molecule has 1 aromatic heterocycles. The fraction of sp³-hybridized carbons (Fsp3) is 0. The molecule has 7 aromatic rings. The molecular weight excluding hydrogens is 573 g/mol. The fourth-order valence-corrected chi connectivity index (χ4v) is 6.39. The van der Waals surface area contributed by atoms with Gasteiger partial charge in [0.05, 0.1) is 11.0 Å². The van der Waals surface area contributed by atoms with Crippen LogP contribution in [0.5, 0.6) is 0 Å². The average Bonchev–Trinajstić information content (AvgIpc) is 3.32. The summed E-state index contributed by atoms with van der Waals surface area (Å²) < 4.78 is 3.64. The van der Waals surface area contributed by atoms with E-state index >= 15 is 0 Å². The molecule has 0 spiro atoms. The van der Waals surface area contributed by atoms with Crippen molar-refractivity contribution in [1.82, 2.24) is 4.57 Å². The van der Waals surface area contributed by atoms with Gasteiger partial charge in [-0.15, -0.1) is 0 Å². The summed E-state index contributed by atoms with van der Waals surface area (Å²) in [7, 11) is 0. The third-order valence-electron chi connectivity index (χ3n) is 7.26. The molecule has 7 rings (SSSR count). The van der Waals surface area contributed by atoms with E-state index in [9.17, 15) is 0 Å². The molecule has 0 bridgehead atoms. The predicted octanol–water partition coefficient (Wildman–Crippen LogP) is 10.4. The highest BCUT2D eigenvalue weighted by Crippen LogP contribution is 2.40. The van der Waals surface area contributed by atoms with Gasteiger partial charge in [0.25, 0.3) is 0 Å². The second kappa shape index (κ2) is 9.62. The smallest absolute Gasteiger partial charge is 0.0541 e. The highest BCUT2D eigenvalue weighted by atomic mass is 127. The Morgan fingerprint density at radius 1 is 0.395 bits per heavy atom. The molecule has 1 nitrogen and oxygen atoms in total. The van der Waals surface area contributed by atoms with Crippen molar-refractivity contribution in [2.45, 2.75) is 0 Å². The van der Waals surface area contributed by atoms with Crippen LogP contribution < -0.4 is 0 Å². The Morgan fingerprint density at radius 2 is 0.921 bits per heavy atom. The molecule has 1 heterocycles. The minimum absolute atomic E-state index is 1.18. The summed E-state index contributed by atoms with van der Waals surface area (Å²) in [4.78, 5) is 0. The second-order valence-corrected chi connectivity index (χ2v) is 10.6. The Labute approximate surface area is 236 Å². The van der Waals surface area contributed by atoms with E-state index in [1.54, 1.807) is 0 Å². The van der Waals surface area contributed by atoms with Crippen molar-refractivity contribution in [3.8, 4) is 39.1 Å². The Morgan fingerprint density at radius 3 is 1.55 bits per heavy atom. The van der Waals surface area contributed by atoms with Crippen LogP contribution in [0.25, 0.3) is 60.9 Å². The summed E-state index contributed by atoms with van der Waals surface area (Å²) in [5, 5.41) is 2.54. The molecule has 0 aliphatic rings. The van der Waals surface area contributed by atoms with Gasteiger partial charge in [-0.3, -0.25) is 0 Å². The number of fused-ring (bicyclic) bond motifs is 3. The van der Waals surface area contributed by atoms with Gasteiger partial charge >= 0.3 is 0 Å². The topological polar surface area (TPSA) is 4.93 Å². The maximum atomic E-state index is 2.52. The molecule has 38 heavy (non-hydrogen) atoms. The molecule has 6 aromatic carbocycles. The molecule has 0 radical (unpaired) electrons. The first kappa shape index (κ1) is 23.0. The van der Waals surface area contributed by atoms with E-state index in [2.05, 4.69) is 173 Å². The van der Waals surface area contributed by atoms with Crippen LogP contribution in [0.2, 0.25) is 0 Å². The number of para-hydroxylation sites is 2. The zero-order chi connectivity index (χ0) is 25.5. The number of rotatable bonds is 4. The van der Waals surface area contributed by atoms with Gasteiger partial charge in [0, 0.05) is 20.0 Å². The molecule has 0 aliphatic carbocycles. The van der Waals surface area contributed by atoms with Crippen molar-refractivity contribution in [1.29, 1.82) is 0 Å². The van der Waals surface area contributed by atoms with Gasteiger partial charge in [0.2, 0.25) is 0 Å². The average molecular weight is 597 g/mol. The number of halogens is 1. The van der Waals surface area contributed by atoms with Crippen LogP contribution in [0.4, 0.5) is 0 Å². The minimum atomic E-state index is 1.18. The van der Waals surface area contributed by atoms with Crippen molar-refractivity contribution < 1.29 is 0 Å². The van der Waals surface area contributed by atoms with Crippen LogP contribution in [0.3, 0.4) is 0 Å². The highest BCUT2D eigenvalue weighted by molar-refractivity contribution is 14.1. The van der Waals surface area contributed by atoms with Gasteiger partial charge in [-0.2, -0.15) is 0 Å². The molecule has 0 saturated heterocycles. The Balaban J connectivity index is 1.49. The number of hydrogen-bond acceptors (Lipinski definition) is 0. The van der Waals surface area contributed by atoms with Crippen molar-refractivity contribution in [2.75, 3.05) is 0 Å². The van der Waals surface area contributed by atoms with Crippen molar-refractivity contribution in [2.24, 2.45) is 0 Å². The van der Waals surface area contributed by atoms with Crippen LogP contribution in [0.15, 0.2) is 146 Å². The molecule has 0 unspecified atom stereocenters. The van der Waals surface area contributed by atoms with E-state index in [1.165, 1.54) is 64.4 Å². The minimum Gasteiger partial charge on any atom is -0.309 e. The van der Waals surface area contributed by atoms with Crippen LogP contribution >= 0.6 is 22.6 Å². The quantitative estimate of drug-likeness (QED) is 0.178. The lowest BCUT2D eigenvalue weighted by Crippen LogP contribution is -1.93. The third-order valence-corrected chi connectivity index (χ3v) is 8.42. The lowest BCUT2D eigenvalue weighted by Gasteiger charge is -2.15. The van der Waals surface area contributed by atoms with E-state index in [-0.39, 0.29) is 0 Å². The molecule has 0 atom stereocenters. The standard InChI is InChI=1S/C36H24IN/c37-36-31(25-12-4-1-5-13-25)23-28(24-32(36)26-14-6-2-7-15-26)27-20-21-35-33(22-27)30-18-10-11-19-34(30)38(35)29-16-8-3-9-17-29/h1-24H. The Hall–Kier alpha value is -4.15. The summed E-state index contributed by atoms with van der Waals surface area (Å²) in [6, 6.07) is 52.4. The maximum absolute atomic E-state index is 2.52. The fourth-order valence-electron chi connectivity index (χ4n) is 5.45. The van der Waals surface area contributed by atoms with Crippen molar-refractivity contribution in [3.63, 3.8) is 0 Å². The lowest BCUT2D eigenvalue weighted by atomic mass is 9.93. The van der Waals surface area contributed by atoms with E-state index in [0.29, 0.717) is 0 Å². The highest BCUT2D eigenvalue weighted by Gasteiger charge is 2.16. The zero-order valence-corrected chi connectivity index (χ0v) is 22.8. The van der Waals surface area contributed by atoms with Gasteiger partial charge in [0.1, 0.15) is 0 Å². The first-order chi connectivity index (χ1) is 18.8. The van der Waals surface area contributed by atoms with Crippen LogP contribution in [0.1, 0.15) is 0 Å². The Bertz CT molecular complexity index is 1840. The van der Waals surface area contributed by atoms with E-state index in [0.717, 1.165) is 0 Å². The molecule has 0 fully saturated rings. The van der Waals surface area contributed by atoms with E-state index in [4.69, 9.17) is 0 Å². The molecular formula is C36H24IN. The summed E-state index contributed by atoms with van der Waals surface area (Å²) in [5.41, 5.74) is 11.1. The first-order valence-corrected chi connectivity index (χ1v) is 13.9. The van der Waals surface area contributed by atoms with Crippen LogP contribution in [-0.4, -0.2) is 4.57 Å². The summed E-state index contributed by atoms with van der Waals surface area (Å²) in [6.07, 6.45) is 0. The monoisotopic (exact) mass is 597 g/mol. The largest absolute Gasteiger partial charge is 0.309 e. The van der Waals surface area contributed by atoms with E-state index < -0.39 is 0 Å².